The molecular formula is C15H17FN2S. The van der Waals surface area contributed by atoms with Gasteiger partial charge in [0.1, 0.15) is 10.8 Å². The Morgan fingerprint density at radius 1 is 1.37 bits per heavy atom. The van der Waals surface area contributed by atoms with Crippen LogP contribution in [0.2, 0.25) is 0 Å². The van der Waals surface area contributed by atoms with E-state index in [1.165, 1.54) is 25.0 Å². The van der Waals surface area contributed by atoms with E-state index in [-0.39, 0.29) is 5.82 Å². The average molecular weight is 276 g/mol. The van der Waals surface area contributed by atoms with E-state index in [2.05, 4.69) is 22.6 Å². The third-order valence-corrected chi connectivity index (χ3v) is 4.52. The van der Waals surface area contributed by atoms with Gasteiger partial charge in [-0.15, -0.1) is 11.3 Å². The monoisotopic (exact) mass is 276 g/mol. The molecule has 1 aliphatic carbocycles. The summed E-state index contributed by atoms with van der Waals surface area (Å²) in [4.78, 5) is 4.60. The molecule has 1 aliphatic rings. The summed E-state index contributed by atoms with van der Waals surface area (Å²) in [7, 11) is 0. The van der Waals surface area contributed by atoms with E-state index in [1.807, 2.05) is 0 Å². The first-order valence-electron chi connectivity index (χ1n) is 6.66. The minimum atomic E-state index is -0.208. The molecule has 2 aromatic rings. The number of hydrogen-bond donors (Lipinski definition) is 1. The molecule has 1 heterocycles. The van der Waals surface area contributed by atoms with Crippen molar-refractivity contribution in [2.75, 3.05) is 0 Å². The molecule has 0 spiro atoms. The highest BCUT2D eigenvalue weighted by Gasteiger charge is 2.27. The first kappa shape index (κ1) is 12.8. The summed E-state index contributed by atoms with van der Waals surface area (Å²) < 4.78 is 12.9. The largest absolute Gasteiger partial charge is 0.308 e. The van der Waals surface area contributed by atoms with E-state index in [4.69, 9.17) is 0 Å². The molecule has 0 amide bonds. The smallest absolute Gasteiger partial charge is 0.123 e. The molecule has 0 saturated heterocycles. The van der Waals surface area contributed by atoms with Crippen LogP contribution < -0.4 is 5.32 Å². The Hall–Kier alpha value is -1.26. The zero-order valence-electron chi connectivity index (χ0n) is 10.9. The van der Waals surface area contributed by atoms with Crippen LogP contribution in [0.4, 0.5) is 4.39 Å². The number of thiazole rings is 1. The van der Waals surface area contributed by atoms with E-state index in [0.29, 0.717) is 6.04 Å². The number of aromatic nitrogens is 1. The van der Waals surface area contributed by atoms with Crippen LogP contribution in [-0.2, 0) is 6.54 Å². The van der Waals surface area contributed by atoms with Gasteiger partial charge in [-0.2, -0.15) is 0 Å². The summed E-state index contributed by atoms with van der Waals surface area (Å²) >= 11 is 1.61. The van der Waals surface area contributed by atoms with Crippen molar-refractivity contribution in [3.8, 4) is 10.6 Å². The maximum absolute atomic E-state index is 12.9. The highest BCUT2D eigenvalue weighted by Crippen LogP contribution is 2.32. The summed E-state index contributed by atoms with van der Waals surface area (Å²) in [5.74, 6) is 0.649. The van der Waals surface area contributed by atoms with Crippen molar-refractivity contribution in [2.24, 2.45) is 5.92 Å². The van der Waals surface area contributed by atoms with Gasteiger partial charge >= 0.3 is 0 Å². The van der Waals surface area contributed by atoms with Crippen LogP contribution in [0.25, 0.3) is 10.6 Å². The average Bonchev–Trinajstić information content (AvgIpc) is 3.16. The fraction of sp³-hybridized carbons (Fsp3) is 0.400. The zero-order valence-corrected chi connectivity index (χ0v) is 11.7. The van der Waals surface area contributed by atoms with Crippen molar-refractivity contribution < 1.29 is 4.39 Å². The lowest BCUT2D eigenvalue weighted by Crippen LogP contribution is -2.27. The molecular weight excluding hydrogens is 259 g/mol. The molecule has 1 aromatic heterocycles. The number of nitrogens with one attached hydrogen (secondary N) is 1. The Bertz CT molecular complexity index is 546. The summed E-state index contributed by atoms with van der Waals surface area (Å²) in [6.45, 7) is 3.06. The molecule has 19 heavy (non-hydrogen) atoms. The van der Waals surface area contributed by atoms with Gasteiger partial charge in [-0.05, 0) is 49.9 Å². The van der Waals surface area contributed by atoms with E-state index in [1.54, 1.807) is 23.5 Å². The van der Waals surface area contributed by atoms with Gasteiger partial charge in [-0.25, -0.2) is 9.37 Å². The molecule has 0 bridgehead atoms. The standard InChI is InChI=1S/C15H17FN2S/c1-10(11-2-3-11)17-8-14-9-19-15(18-14)12-4-6-13(16)7-5-12/h4-7,9-11,17H,2-3,8H2,1H3. The molecule has 1 N–H and O–H groups in total. The lowest BCUT2D eigenvalue weighted by atomic mass is 10.2. The SMILES string of the molecule is CC(NCc1csc(-c2ccc(F)cc2)n1)C1CC1. The molecule has 2 nitrogen and oxygen atoms in total. The van der Waals surface area contributed by atoms with Gasteiger partial charge in [0.15, 0.2) is 0 Å². The maximum atomic E-state index is 12.9. The van der Waals surface area contributed by atoms with E-state index >= 15 is 0 Å². The first-order valence-corrected chi connectivity index (χ1v) is 7.54. The van der Waals surface area contributed by atoms with Gasteiger partial charge in [0, 0.05) is 23.5 Å². The summed E-state index contributed by atoms with van der Waals surface area (Å²) in [6, 6.07) is 7.08. The van der Waals surface area contributed by atoms with Crippen LogP contribution in [0.3, 0.4) is 0 Å². The lowest BCUT2D eigenvalue weighted by molar-refractivity contribution is 0.493. The second-order valence-electron chi connectivity index (χ2n) is 5.16. The number of nitrogens with zero attached hydrogens (tertiary/aromatic N) is 1. The van der Waals surface area contributed by atoms with Gasteiger partial charge in [-0.1, -0.05) is 0 Å². The van der Waals surface area contributed by atoms with Crippen LogP contribution in [0.5, 0.6) is 0 Å². The summed E-state index contributed by atoms with van der Waals surface area (Å²) in [5, 5.41) is 6.55. The molecule has 1 aromatic carbocycles. The number of hydrogen-bond acceptors (Lipinski definition) is 3. The maximum Gasteiger partial charge on any atom is 0.123 e. The molecule has 1 fully saturated rings. The Kier molecular flexibility index (Phi) is 3.62. The van der Waals surface area contributed by atoms with Gasteiger partial charge in [-0.3, -0.25) is 0 Å². The molecule has 100 valence electrons. The molecule has 1 atom stereocenters. The van der Waals surface area contributed by atoms with Gasteiger partial charge in [0.05, 0.1) is 5.69 Å². The fourth-order valence-electron chi connectivity index (χ4n) is 2.14. The molecule has 3 rings (SSSR count). The molecule has 0 radical (unpaired) electrons. The van der Waals surface area contributed by atoms with E-state index in [9.17, 15) is 4.39 Å². The molecule has 1 saturated carbocycles. The Labute approximate surface area is 116 Å². The van der Waals surface area contributed by atoms with Gasteiger partial charge in [0.25, 0.3) is 0 Å². The van der Waals surface area contributed by atoms with Crippen molar-refractivity contribution >= 4 is 11.3 Å². The minimum Gasteiger partial charge on any atom is -0.308 e. The first-order chi connectivity index (χ1) is 9.22. The molecule has 4 heteroatoms. The van der Waals surface area contributed by atoms with Crippen LogP contribution >= 0.6 is 11.3 Å². The van der Waals surface area contributed by atoms with Crippen molar-refractivity contribution in [3.05, 3.63) is 41.2 Å². The van der Waals surface area contributed by atoms with Crippen LogP contribution in [0, 0.1) is 11.7 Å². The zero-order chi connectivity index (χ0) is 13.2. The highest BCUT2D eigenvalue weighted by atomic mass is 32.1. The Morgan fingerprint density at radius 3 is 2.79 bits per heavy atom. The van der Waals surface area contributed by atoms with Gasteiger partial charge < -0.3 is 5.32 Å². The van der Waals surface area contributed by atoms with E-state index < -0.39 is 0 Å². The molecule has 1 unspecified atom stereocenters. The topological polar surface area (TPSA) is 24.9 Å². The van der Waals surface area contributed by atoms with Crippen molar-refractivity contribution in [1.29, 1.82) is 0 Å². The predicted molar refractivity (Wildman–Crippen MR) is 76.5 cm³/mol. The van der Waals surface area contributed by atoms with Crippen molar-refractivity contribution in [2.45, 2.75) is 32.4 Å². The van der Waals surface area contributed by atoms with Crippen molar-refractivity contribution in [3.63, 3.8) is 0 Å². The Morgan fingerprint density at radius 2 is 2.11 bits per heavy atom. The predicted octanol–water partition coefficient (Wildman–Crippen LogP) is 3.84. The number of halogens is 1. The summed E-state index contributed by atoms with van der Waals surface area (Å²) in [6.07, 6.45) is 2.71. The minimum absolute atomic E-state index is 0.208. The molecule has 0 aliphatic heterocycles. The fourth-order valence-corrected chi connectivity index (χ4v) is 2.97. The lowest BCUT2D eigenvalue weighted by Gasteiger charge is -2.10. The van der Waals surface area contributed by atoms with Crippen LogP contribution in [0.1, 0.15) is 25.5 Å². The Balaban J connectivity index is 1.63. The highest BCUT2D eigenvalue weighted by molar-refractivity contribution is 7.13. The van der Waals surface area contributed by atoms with Crippen LogP contribution in [0.15, 0.2) is 29.6 Å². The van der Waals surface area contributed by atoms with Crippen LogP contribution in [-0.4, -0.2) is 11.0 Å². The number of benzene rings is 1. The second-order valence-corrected chi connectivity index (χ2v) is 6.02. The normalized spacial score (nSPS) is 16.5. The second kappa shape index (κ2) is 5.39. The van der Waals surface area contributed by atoms with E-state index in [0.717, 1.165) is 28.7 Å². The van der Waals surface area contributed by atoms with Crippen molar-refractivity contribution in [1.82, 2.24) is 10.3 Å². The summed E-state index contributed by atoms with van der Waals surface area (Å²) in [5.41, 5.74) is 2.05. The third kappa shape index (κ3) is 3.19. The van der Waals surface area contributed by atoms with Gasteiger partial charge in [0.2, 0.25) is 0 Å². The third-order valence-electron chi connectivity index (χ3n) is 3.58. The number of rotatable bonds is 5. The quantitative estimate of drug-likeness (QED) is 0.897.